The van der Waals surface area contributed by atoms with Crippen LogP contribution in [-0.2, 0) is 0 Å². The van der Waals surface area contributed by atoms with Gasteiger partial charge in [-0.05, 0) is 38.5 Å². The molecule has 5 fully saturated rings. The van der Waals surface area contributed by atoms with E-state index in [-0.39, 0.29) is 18.1 Å². The van der Waals surface area contributed by atoms with Gasteiger partial charge in [-0.15, -0.1) is 0 Å². The molecule has 0 radical (unpaired) electrons. The number of nitrogens with zero attached hydrogens (tertiary/aromatic N) is 4. The number of carbonyl (C=O) groups excluding carboxylic acids is 2. The van der Waals surface area contributed by atoms with E-state index in [9.17, 15) is 9.59 Å². The molecule has 1 atom stereocenters. The fraction of sp³-hybridized carbons (Fsp3) is 0.905. The normalized spacial score (nSPS) is 34.1. The van der Waals surface area contributed by atoms with E-state index in [4.69, 9.17) is 0 Å². The smallest absolute Gasteiger partial charge is 0.288 e. The van der Waals surface area contributed by atoms with Crippen LogP contribution in [0.2, 0.25) is 0 Å². The molecule has 4 amide bonds. The lowest BCUT2D eigenvalue weighted by Gasteiger charge is -2.62. The second kappa shape index (κ2) is 6.94. The van der Waals surface area contributed by atoms with Crippen LogP contribution in [0.1, 0.15) is 83.5 Å². The quantitative estimate of drug-likeness (QED) is 0.735. The maximum absolute atomic E-state index is 13.9. The Morgan fingerprint density at radius 2 is 1.30 bits per heavy atom. The van der Waals surface area contributed by atoms with Crippen molar-refractivity contribution in [1.82, 2.24) is 19.6 Å². The van der Waals surface area contributed by atoms with E-state index in [1.807, 2.05) is 0 Å². The van der Waals surface area contributed by atoms with Crippen LogP contribution in [0.4, 0.5) is 9.59 Å². The monoisotopic (exact) mass is 374 g/mol. The van der Waals surface area contributed by atoms with Crippen molar-refractivity contribution in [3.63, 3.8) is 0 Å². The van der Waals surface area contributed by atoms with E-state index in [0.717, 1.165) is 77.4 Å². The number of carbonyl (C=O) groups is 2. The molecule has 0 aromatic carbocycles. The first kappa shape index (κ1) is 17.8. The predicted octanol–water partition coefficient (Wildman–Crippen LogP) is 3.96. The summed E-state index contributed by atoms with van der Waals surface area (Å²) in [7, 11) is 0. The van der Waals surface area contributed by atoms with Crippen molar-refractivity contribution in [3.8, 4) is 0 Å². The Kier molecular flexibility index (Phi) is 4.57. The van der Waals surface area contributed by atoms with Crippen LogP contribution in [0.5, 0.6) is 0 Å². The zero-order chi connectivity index (χ0) is 18.4. The Labute approximate surface area is 162 Å². The van der Waals surface area contributed by atoms with Crippen molar-refractivity contribution in [2.45, 2.75) is 101 Å². The molecule has 3 aliphatic heterocycles. The van der Waals surface area contributed by atoms with Crippen molar-refractivity contribution in [2.75, 3.05) is 19.6 Å². The van der Waals surface area contributed by atoms with Gasteiger partial charge >= 0.3 is 12.1 Å². The maximum Gasteiger partial charge on any atom is 0.331 e. The summed E-state index contributed by atoms with van der Waals surface area (Å²) in [6.45, 7) is 2.84. The largest absolute Gasteiger partial charge is 0.331 e. The number of rotatable bonds is 2. The molecule has 3 saturated heterocycles. The summed E-state index contributed by atoms with van der Waals surface area (Å²) in [6.07, 6.45) is 14.4. The van der Waals surface area contributed by atoms with Gasteiger partial charge in [-0.1, -0.05) is 38.5 Å². The van der Waals surface area contributed by atoms with E-state index in [1.165, 1.54) is 25.7 Å². The van der Waals surface area contributed by atoms with Gasteiger partial charge in [-0.3, -0.25) is 14.7 Å². The lowest BCUT2D eigenvalue weighted by Crippen LogP contribution is -2.81. The summed E-state index contributed by atoms with van der Waals surface area (Å²) in [5.41, 5.74) is 0. The SMILES string of the molecule is O=C1N(C2CCCCC2)C(=O)N(C2CCCCC2)C23CCCN2CCCN13. The van der Waals surface area contributed by atoms with Crippen LogP contribution >= 0.6 is 0 Å². The molecule has 27 heavy (non-hydrogen) atoms. The highest BCUT2D eigenvalue weighted by Crippen LogP contribution is 2.46. The van der Waals surface area contributed by atoms with Crippen LogP contribution in [0, 0.1) is 0 Å². The fourth-order valence-electron chi connectivity index (χ4n) is 6.61. The van der Waals surface area contributed by atoms with Crippen LogP contribution in [0.15, 0.2) is 0 Å². The molecule has 0 aromatic rings. The van der Waals surface area contributed by atoms with Crippen molar-refractivity contribution in [2.24, 2.45) is 0 Å². The highest BCUT2D eigenvalue weighted by atomic mass is 16.2. The topological polar surface area (TPSA) is 47.1 Å². The number of imide groups is 1. The highest BCUT2D eigenvalue weighted by molar-refractivity contribution is 5.97. The summed E-state index contributed by atoms with van der Waals surface area (Å²) < 4.78 is 0. The third-order valence-electron chi connectivity index (χ3n) is 7.80. The standard InChI is InChI=1S/C21H34N4O2/c26-19-23-16-8-15-22-14-7-13-21(22,23)25(18-11-5-2-6-12-18)20(27)24(19)17-9-3-1-4-10-17/h17-18H,1-16H2. The molecule has 1 unspecified atom stereocenters. The van der Waals surface area contributed by atoms with E-state index >= 15 is 0 Å². The van der Waals surface area contributed by atoms with Crippen LogP contribution in [0.3, 0.4) is 0 Å². The molecule has 2 aliphatic carbocycles. The zero-order valence-electron chi connectivity index (χ0n) is 16.6. The van der Waals surface area contributed by atoms with Gasteiger partial charge in [0, 0.05) is 38.1 Å². The number of hydrogen-bond donors (Lipinski definition) is 0. The van der Waals surface area contributed by atoms with E-state index in [0.29, 0.717) is 6.04 Å². The predicted molar refractivity (Wildman–Crippen MR) is 103 cm³/mol. The number of hydrogen-bond acceptors (Lipinski definition) is 3. The van der Waals surface area contributed by atoms with Crippen molar-refractivity contribution < 1.29 is 9.59 Å². The van der Waals surface area contributed by atoms with Crippen molar-refractivity contribution in [3.05, 3.63) is 0 Å². The van der Waals surface area contributed by atoms with E-state index < -0.39 is 5.79 Å². The van der Waals surface area contributed by atoms with Crippen molar-refractivity contribution >= 4 is 12.1 Å². The minimum Gasteiger partial charge on any atom is -0.288 e. The van der Waals surface area contributed by atoms with Gasteiger partial charge in [0.2, 0.25) is 0 Å². The highest BCUT2D eigenvalue weighted by Gasteiger charge is 2.62. The minimum absolute atomic E-state index is 0.00515. The van der Waals surface area contributed by atoms with Crippen LogP contribution < -0.4 is 0 Å². The van der Waals surface area contributed by atoms with Gasteiger partial charge < -0.3 is 0 Å². The van der Waals surface area contributed by atoms with Crippen LogP contribution in [0.25, 0.3) is 0 Å². The molecule has 6 nitrogen and oxygen atoms in total. The Balaban J connectivity index is 1.55. The molecule has 3 heterocycles. The summed E-state index contributed by atoms with van der Waals surface area (Å²) in [5, 5.41) is 0. The molecule has 0 aromatic heterocycles. The molecule has 6 heteroatoms. The minimum atomic E-state index is -0.459. The fourth-order valence-corrected chi connectivity index (χ4v) is 6.61. The third kappa shape index (κ3) is 2.62. The van der Waals surface area contributed by atoms with Gasteiger partial charge in [-0.25, -0.2) is 14.5 Å². The second-order valence-electron chi connectivity index (χ2n) is 9.26. The zero-order valence-corrected chi connectivity index (χ0v) is 16.6. The van der Waals surface area contributed by atoms with Gasteiger partial charge in [0.15, 0.2) is 5.79 Å². The molecule has 0 bridgehead atoms. The molecule has 1 spiro atoms. The lowest BCUT2D eigenvalue weighted by molar-refractivity contribution is -0.166. The summed E-state index contributed by atoms with van der Waals surface area (Å²) in [4.78, 5) is 36.0. The van der Waals surface area contributed by atoms with E-state index in [2.05, 4.69) is 14.7 Å². The Morgan fingerprint density at radius 3 is 2.00 bits per heavy atom. The van der Waals surface area contributed by atoms with Gasteiger partial charge in [0.1, 0.15) is 0 Å². The average molecular weight is 375 g/mol. The summed E-state index contributed by atoms with van der Waals surface area (Å²) in [5.74, 6) is -0.459. The Bertz CT molecular complexity index is 599. The molecule has 0 N–H and O–H groups in total. The first-order valence-corrected chi connectivity index (χ1v) is 11.4. The summed E-state index contributed by atoms with van der Waals surface area (Å²) in [6, 6.07) is 0.444. The second-order valence-corrected chi connectivity index (χ2v) is 9.26. The molecule has 2 saturated carbocycles. The first-order valence-electron chi connectivity index (χ1n) is 11.4. The van der Waals surface area contributed by atoms with Crippen molar-refractivity contribution in [1.29, 1.82) is 0 Å². The number of amides is 4. The molecular formula is C21H34N4O2. The maximum atomic E-state index is 13.9. The molecule has 5 aliphatic rings. The van der Waals surface area contributed by atoms with Crippen LogP contribution in [-0.4, -0.2) is 69.2 Å². The van der Waals surface area contributed by atoms with Gasteiger partial charge in [0.05, 0.1) is 0 Å². The first-order chi connectivity index (χ1) is 13.2. The van der Waals surface area contributed by atoms with Gasteiger partial charge in [-0.2, -0.15) is 0 Å². The molecular weight excluding hydrogens is 340 g/mol. The van der Waals surface area contributed by atoms with Gasteiger partial charge in [0.25, 0.3) is 0 Å². The lowest BCUT2D eigenvalue weighted by atomic mass is 9.90. The molecule has 5 rings (SSSR count). The molecule has 150 valence electrons. The number of urea groups is 2. The third-order valence-corrected chi connectivity index (χ3v) is 7.80. The Morgan fingerprint density at radius 1 is 0.667 bits per heavy atom. The average Bonchev–Trinajstić information content (AvgIpc) is 3.13. The summed E-state index contributed by atoms with van der Waals surface area (Å²) >= 11 is 0. The Hall–Kier alpha value is -1.30. The van der Waals surface area contributed by atoms with E-state index in [1.54, 1.807) is 4.90 Å².